The summed E-state index contributed by atoms with van der Waals surface area (Å²) in [7, 11) is 1.68. The molecule has 3 N–H and O–H groups in total. The van der Waals surface area contributed by atoms with Gasteiger partial charge in [0.05, 0.1) is 24.7 Å². The smallest absolute Gasteiger partial charge is 0.125 e. The first-order chi connectivity index (χ1) is 10.7. The summed E-state index contributed by atoms with van der Waals surface area (Å²) in [6, 6.07) is 8.23. The van der Waals surface area contributed by atoms with Crippen molar-refractivity contribution < 1.29 is 9.47 Å². The number of aryl methyl sites for hydroxylation is 1. The molecule has 5 heteroatoms. The molecular formula is C17H21N3O2. The topological polar surface area (TPSA) is 69.4 Å². The second-order valence-corrected chi connectivity index (χ2v) is 5.65. The zero-order valence-electron chi connectivity index (χ0n) is 12.9. The summed E-state index contributed by atoms with van der Waals surface area (Å²) >= 11 is 0. The van der Waals surface area contributed by atoms with Gasteiger partial charge < -0.3 is 20.5 Å². The van der Waals surface area contributed by atoms with E-state index in [2.05, 4.69) is 10.3 Å². The summed E-state index contributed by atoms with van der Waals surface area (Å²) in [5, 5.41) is 3.42. The van der Waals surface area contributed by atoms with Crippen LogP contribution in [0.2, 0.25) is 0 Å². The van der Waals surface area contributed by atoms with Crippen LogP contribution >= 0.6 is 0 Å². The van der Waals surface area contributed by atoms with Crippen molar-refractivity contribution in [3.05, 3.63) is 42.2 Å². The Morgan fingerprint density at radius 1 is 1.27 bits per heavy atom. The number of pyridine rings is 1. The second kappa shape index (κ2) is 6.13. The molecule has 0 radical (unpaired) electrons. The Hall–Kier alpha value is -2.43. The van der Waals surface area contributed by atoms with E-state index in [0.717, 1.165) is 35.6 Å². The van der Waals surface area contributed by atoms with Gasteiger partial charge in [-0.25, -0.2) is 0 Å². The first kappa shape index (κ1) is 14.5. The lowest BCUT2D eigenvalue weighted by Crippen LogP contribution is -2.42. The predicted molar refractivity (Wildman–Crippen MR) is 87.4 cm³/mol. The van der Waals surface area contributed by atoms with Gasteiger partial charge in [-0.1, -0.05) is 6.07 Å². The Bertz CT molecular complexity index is 654. The molecule has 116 valence electrons. The number of nitrogens with one attached hydrogen (secondary N) is 1. The van der Waals surface area contributed by atoms with Crippen LogP contribution in [0.15, 0.2) is 36.7 Å². The van der Waals surface area contributed by atoms with Gasteiger partial charge in [-0.15, -0.1) is 0 Å². The monoisotopic (exact) mass is 299 g/mol. The minimum Gasteiger partial charge on any atom is -0.496 e. The normalized spacial score (nSPS) is 20.1. The Labute approximate surface area is 130 Å². The summed E-state index contributed by atoms with van der Waals surface area (Å²) in [6.45, 7) is 2.02. The molecule has 0 spiro atoms. The van der Waals surface area contributed by atoms with Gasteiger partial charge in [0.1, 0.15) is 17.6 Å². The fourth-order valence-corrected chi connectivity index (χ4v) is 2.60. The fraction of sp³-hybridized carbons (Fsp3) is 0.353. The molecule has 0 atom stereocenters. The molecule has 0 amide bonds. The van der Waals surface area contributed by atoms with Crippen molar-refractivity contribution in [2.45, 2.75) is 31.9 Å². The minimum absolute atomic E-state index is 0.230. The first-order valence-electron chi connectivity index (χ1n) is 7.43. The lowest BCUT2D eigenvalue weighted by molar-refractivity contribution is 0.108. The molecule has 5 nitrogen and oxygen atoms in total. The van der Waals surface area contributed by atoms with E-state index < -0.39 is 0 Å². The summed E-state index contributed by atoms with van der Waals surface area (Å²) in [4.78, 5) is 3.99. The maximum Gasteiger partial charge on any atom is 0.125 e. The van der Waals surface area contributed by atoms with Gasteiger partial charge in [0.2, 0.25) is 0 Å². The molecule has 22 heavy (non-hydrogen) atoms. The average molecular weight is 299 g/mol. The fourth-order valence-electron chi connectivity index (χ4n) is 2.60. The largest absolute Gasteiger partial charge is 0.496 e. The van der Waals surface area contributed by atoms with Gasteiger partial charge in [-0.2, -0.15) is 0 Å². The number of anilines is 2. The van der Waals surface area contributed by atoms with E-state index in [1.54, 1.807) is 19.5 Å². The number of benzene rings is 1. The van der Waals surface area contributed by atoms with Crippen molar-refractivity contribution in [3.63, 3.8) is 0 Å². The quantitative estimate of drug-likeness (QED) is 0.888. The van der Waals surface area contributed by atoms with Crippen molar-refractivity contribution in [2.75, 3.05) is 18.2 Å². The van der Waals surface area contributed by atoms with Crippen molar-refractivity contribution in [1.29, 1.82) is 0 Å². The molecule has 0 bridgehead atoms. The summed E-state index contributed by atoms with van der Waals surface area (Å²) in [5.41, 5.74) is 8.61. The number of methoxy groups -OCH3 is 1. The maximum absolute atomic E-state index is 5.98. The first-order valence-corrected chi connectivity index (χ1v) is 7.43. The van der Waals surface area contributed by atoms with Gasteiger partial charge in [-0.3, -0.25) is 4.98 Å². The Morgan fingerprint density at radius 2 is 2.09 bits per heavy atom. The molecule has 1 saturated carbocycles. The molecule has 0 aliphatic heterocycles. The van der Waals surface area contributed by atoms with Crippen LogP contribution in [-0.2, 0) is 0 Å². The van der Waals surface area contributed by atoms with Crippen molar-refractivity contribution in [3.8, 4) is 11.5 Å². The number of hydrogen-bond donors (Lipinski definition) is 2. The molecule has 1 fully saturated rings. The molecule has 0 unspecified atom stereocenters. The van der Waals surface area contributed by atoms with Crippen LogP contribution in [0.1, 0.15) is 18.4 Å². The number of rotatable bonds is 5. The molecule has 1 aromatic heterocycles. The molecule has 1 aliphatic carbocycles. The van der Waals surface area contributed by atoms with Crippen LogP contribution in [-0.4, -0.2) is 24.2 Å². The third kappa shape index (κ3) is 3.08. The second-order valence-electron chi connectivity index (χ2n) is 5.65. The number of nitrogens with two attached hydrogens (primary N) is 1. The van der Waals surface area contributed by atoms with E-state index in [9.17, 15) is 0 Å². The van der Waals surface area contributed by atoms with Crippen molar-refractivity contribution in [1.82, 2.24) is 4.98 Å². The molecule has 1 aliphatic rings. The highest BCUT2D eigenvalue weighted by molar-refractivity contribution is 5.64. The van der Waals surface area contributed by atoms with Crippen LogP contribution in [0.4, 0.5) is 11.4 Å². The van der Waals surface area contributed by atoms with Crippen molar-refractivity contribution in [2.24, 2.45) is 0 Å². The minimum atomic E-state index is 0.230. The number of ether oxygens (including phenoxy) is 2. The lowest BCUT2D eigenvalue weighted by Gasteiger charge is -2.36. The highest BCUT2D eigenvalue weighted by Gasteiger charge is 2.31. The third-order valence-electron chi connectivity index (χ3n) is 3.99. The lowest BCUT2D eigenvalue weighted by atomic mass is 9.89. The van der Waals surface area contributed by atoms with Crippen LogP contribution in [0.5, 0.6) is 11.5 Å². The SMILES string of the molecule is COc1cc(OC2CC(Nc3ccncc3N)C2)ccc1C. The summed E-state index contributed by atoms with van der Waals surface area (Å²) in [6.07, 6.45) is 5.54. The molecule has 2 aromatic rings. The molecule has 0 saturated heterocycles. The van der Waals surface area contributed by atoms with E-state index in [1.807, 2.05) is 31.2 Å². The van der Waals surface area contributed by atoms with E-state index in [-0.39, 0.29) is 6.10 Å². The zero-order valence-corrected chi connectivity index (χ0v) is 12.9. The zero-order chi connectivity index (χ0) is 15.5. The number of hydrogen-bond acceptors (Lipinski definition) is 5. The Balaban J connectivity index is 1.53. The van der Waals surface area contributed by atoms with Gasteiger partial charge in [0.15, 0.2) is 0 Å². The van der Waals surface area contributed by atoms with Gasteiger partial charge in [-0.05, 0) is 24.6 Å². The standard InChI is InChI=1S/C17H21N3O2/c1-11-3-4-13(9-17(11)21-2)22-14-7-12(8-14)20-16-5-6-19-10-15(16)18/h3-6,9-10,12,14H,7-8,18H2,1-2H3,(H,19,20). The van der Waals surface area contributed by atoms with Crippen LogP contribution < -0.4 is 20.5 Å². The summed E-state index contributed by atoms with van der Waals surface area (Å²) < 4.78 is 11.3. The van der Waals surface area contributed by atoms with Crippen LogP contribution in [0, 0.1) is 6.92 Å². The number of aromatic nitrogens is 1. The number of nitrogen functional groups attached to an aromatic ring is 1. The van der Waals surface area contributed by atoms with Crippen LogP contribution in [0.25, 0.3) is 0 Å². The number of nitrogens with zero attached hydrogens (tertiary/aromatic N) is 1. The molecule has 1 heterocycles. The van der Waals surface area contributed by atoms with E-state index in [4.69, 9.17) is 15.2 Å². The highest BCUT2D eigenvalue weighted by atomic mass is 16.5. The third-order valence-corrected chi connectivity index (χ3v) is 3.99. The Kier molecular flexibility index (Phi) is 4.04. The maximum atomic E-state index is 5.98. The van der Waals surface area contributed by atoms with E-state index in [1.165, 1.54) is 0 Å². The van der Waals surface area contributed by atoms with E-state index in [0.29, 0.717) is 11.7 Å². The predicted octanol–water partition coefficient (Wildman–Crippen LogP) is 3.00. The van der Waals surface area contributed by atoms with Gasteiger partial charge in [0, 0.05) is 31.1 Å². The van der Waals surface area contributed by atoms with Gasteiger partial charge in [0.25, 0.3) is 0 Å². The van der Waals surface area contributed by atoms with Crippen molar-refractivity contribution >= 4 is 11.4 Å². The molecule has 3 rings (SSSR count). The van der Waals surface area contributed by atoms with Crippen LogP contribution in [0.3, 0.4) is 0 Å². The highest BCUT2D eigenvalue weighted by Crippen LogP contribution is 2.32. The van der Waals surface area contributed by atoms with Gasteiger partial charge >= 0.3 is 0 Å². The molecular weight excluding hydrogens is 278 g/mol. The molecule has 1 aromatic carbocycles. The van der Waals surface area contributed by atoms with E-state index >= 15 is 0 Å². The summed E-state index contributed by atoms with van der Waals surface area (Å²) in [5.74, 6) is 1.71. The Morgan fingerprint density at radius 3 is 2.82 bits per heavy atom. The average Bonchev–Trinajstić information content (AvgIpc) is 2.48.